The number of thioether (sulfide) groups is 1. The van der Waals surface area contributed by atoms with Gasteiger partial charge in [0.25, 0.3) is 0 Å². The van der Waals surface area contributed by atoms with Gasteiger partial charge in [0.1, 0.15) is 0 Å². The maximum absolute atomic E-state index is 11.6. The zero-order valence-corrected chi connectivity index (χ0v) is 11.3. The number of hydrogen-bond acceptors (Lipinski definition) is 4. The summed E-state index contributed by atoms with van der Waals surface area (Å²) in [4.78, 5) is 22.7. The van der Waals surface area contributed by atoms with Crippen LogP contribution in [-0.2, 0) is 14.3 Å². The van der Waals surface area contributed by atoms with Gasteiger partial charge in [0.05, 0.1) is 6.61 Å². The van der Waals surface area contributed by atoms with E-state index in [1.807, 2.05) is 20.8 Å². The maximum Gasteiger partial charge on any atom is 0.324 e. The summed E-state index contributed by atoms with van der Waals surface area (Å²) in [5.41, 5.74) is -1.46. The van der Waals surface area contributed by atoms with Gasteiger partial charge in [-0.2, -0.15) is 11.8 Å². The molecule has 94 valence electrons. The minimum atomic E-state index is -1.46. The fourth-order valence-corrected chi connectivity index (χ4v) is 1.82. The number of ether oxygens (including phenoxy) is 1. The molecular weight excluding hydrogens is 228 g/mol. The fraction of sp³-hybridized carbons (Fsp3) is 0.818. The van der Waals surface area contributed by atoms with Crippen molar-refractivity contribution in [3.63, 3.8) is 0 Å². The Bertz CT molecular complexity index is 270. The molecule has 0 aliphatic carbocycles. The lowest BCUT2D eigenvalue weighted by atomic mass is 9.94. The SMILES string of the molecule is CCOC(=O)C(C)(CSC(C)(C)C)C(=O)O. The van der Waals surface area contributed by atoms with Crippen LogP contribution >= 0.6 is 11.8 Å². The predicted molar refractivity (Wildman–Crippen MR) is 64.6 cm³/mol. The van der Waals surface area contributed by atoms with Crippen LogP contribution in [-0.4, -0.2) is 34.2 Å². The van der Waals surface area contributed by atoms with Gasteiger partial charge in [-0.15, -0.1) is 0 Å². The van der Waals surface area contributed by atoms with Crippen LogP contribution in [0, 0.1) is 5.41 Å². The second-order valence-corrected chi connectivity index (χ2v) is 6.56. The first kappa shape index (κ1) is 15.3. The first-order chi connectivity index (χ1) is 7.13. The van der Waals surface area contributed by atoms with Gasteiger partial charge in [0.15, 0.2) is 5.41 Å². The highest BCUT2D eigenvalue weighted by Gasteiger charge is 2.43. The van der Waals surface area contributed by atoms with Gasteiger partial charge < -0.3 is 9.84 Å². The molecule has 1 atom stereocenters. The van der Waals surface area contributed by atoms with Crippen LogP contribution in [0.2, 0.25) is 0 Å². The molecule has 1 N–H and O–H groups in total. The van der Waals surface area contributed by atoms with Crippen molar-refractivity contribution in [3.05, 3.63) is 0 Å². The monoisotopic (exact) mass is 248 g/mol. The van der Waals surface area contributed by atoms with Crippen LogP contribution in [0.4, 0.5) is 0 Å². The van der Waals surface area contributed by atoms with Gasteiger partial charge in [-0.05, 0) is 13.8 Å². The van der Waals surface area contributed by atoms with Crippen LogP contribution < -0.4 is 0 Å². The van der Waals surface area contributed by atoms with Gasteiger partial charge >= 0.3 is 11.9 Å². The van der Waals surface area contributed by atoms with E-state index in [2.05, 4.69) is 0 Å². The first-order valence-corrected chi connectivity index (χ1v) is 6.16. The summed E-state index contributed by atoms with van der Waals surface area (Å²) in [5.74, 6) is -1.59. The van der Waals surface area contributed by atoms with Crippen molar-refractivity contribution in [1.29, 1.82) is 0 Å². The predicted octanol–water partition coefficient (Wildman–Crippen LogP) is 2.17. The summed E-state index contributed by atoms with van der Waals surface area (Å²) in [6.07, 6.45) is 0. The highest BCUT2D eigenvalue weighted by molar-refractivity contribution is 8.00. The standard InChI is InChI=1S/C11H20O4S/c1-6-15-9(14)11(5,8(12)13)7-16-10(2,3)4/h6-7H2,1-5H3,(H,12,13). The van der Waals surface area contributed by atoms with Crippen LogP contribution in [0.1, 0.15) is 34.6 Å². The van der Waals surface area contributed by atoms with Gasteiger partial charge in [-0.1, -0.05) is 20.8 Å². The number of aliphatic carboxylic acids is 1. The van der Waals surface area contributed by atoms with E-state index in [-0.39, 0.29) is 17.1 Å². The largest absolute Gasteiger partial charge is 0.480 e. The summed E-state index contributed by atoms with van der Waals surface area (Å²) >= 11 is 1.44. The van der Waals surface area contributed by atoms with E-state index < -0.39 is 17.4 Å². The maximum atomic E-state index is 11.6. The molecule has 0 spiro atoms. The molecule has 0 aromatic heterocycles. The molecule has 0 radical (unpaired) electrons. The lowest BCUT2D eigenvalue weighted by Gasteiger charge is -2.26. The number of rotatable bonds is 5. The van der Waals surface area contributed by atoms with Crippen molar-refractivity contribution in [3.8, 4) is 0 Å². The molecular formula is C11H20O4S. The van der Waals surface area contributed by atoms with E-state index in [4.69, 9.17) is 9.84 Å². The molecule has 16 heavy (non-hydrogen) atoms. The van der Waals surface area contributed by atoms with E-state index in [0.717, 1.165) is 0 Å². The van der Waals surface area contributed by atoms with Crippen LogP contribution in [0.5, 0.6) is 0 Å². The minimum Gasteiger partial charge on any atom is -0.480 e. The summed E-state index contributed by atoms with van der Waals surface area (Å²) in [7, 11) is 0. The Morgan fingerprint density at radius 2 is 1.75 bits per heavy atom. The van der Waals surface area contributed by atoms with E-state index in [1.54, 1.807) is 6.92 Å². The van der Waals surface area contributed by atoms with Gasteiger partial charge in [0, 0.05) is 10.5 Å². The lowest BCUT2D eigenvalue weighted by molar-refractivity contribution is -0.165. The zero-order chi connectivity index (χ0) is 13.0. The third kappa shape index (κ3) is 4.43. The number of carboxylic acids is 1. The van der Waals surface area contributed by atoms with Gasteiger partial charge in [-0.25, -0.2) is 0 Å². The van der Waals surface area contributed by atoms with E-state index >= 15 is 0 Å². The topological polar surface area (TPSA) is 63.6 Å². The Hall–Kier alpha value is -0.710. The fourth-order valence-electron chi connectivity index (χ4n) is 0.859. The van der Waals surface area contributed by atoms with Crippen LogP contribution in [0.15, 0.2) is 0 Å². The molecule has 0 heterocycles. The highest BCUT2D eigenvalue weighted by atomic mass is 32.2. The molecule has 0 bridgehead atoms. The third-order valence-corrected chi connectivity index (χ3v) is 3.58. The van der Waals surface area contributed by atoms with E-state index in [1.165, 1.54) is 18.7 Å². The van der Waals surface area contributed by atoms with Crippen molar-refractivity contribution in [2.45, 2.75) is 39.4 Å². The van der Waals surface area contributed by atoms with Crippen LogP contribution in [0.3, 0.4) is 0 Å². The average Bonchev–Trinajstić information content (AvgIpc) is 2.13. The molecule has 0 fully saturated rings. The smallest absolute Gasteiger partial charge is 0.324 e. The van der Waals surface area contributed by atoms with E-state index in [0.29, 0.717) is 0 Å². The summed E-state index contributed by atoms with van der Waals surface area (Å²) in [6.45, 7) is 9.20. The van der Waals surface area contributed by atoms with Crippen molar-refractivity contribution in [1.82, 2.24) is 0 Å². The van der Waals surface area contributed by atoms with Crippen molar-refractivity contribution in [2.24, 2.45) is 5.41 Å². The molecule has 0 aliphatic rings. The van der Waals surface area contributed by atoms with Crippen molar-refractivity contribution < 1.29 is 19.4 Å². The van der Waals surface area contributed by atoms with E-state index in [9.17, 15) is 9.59 Å². The molecule has 0 rings (SSSR count). The normalized spacial score (nSPS) is 15.3. The minimum absolute atomic E-state index is 0.0802. The highest BCUT2D eigenvalue weighted by Crippen LogP contribution is 2.32. The summed E-state index contributed by atoms with van der Waals surface area (Å²) in [5, 5.41) is 9.11. The molecule has 4 nitrogen and oxygen atoms in total. The third-order valence-electron chi connectivity index (χ3n) is 1.99. The number of carboxylic acid groups (broad SMARTS) is 1. The average molecular weight is 248 g/mol. The van der Waals surface area contributed by atoms with Crippen molar-refractivity contribution in [2.75, 3.05) is 12.4 Å². The molecule has 5 heteroatoms. The molecule has 0 aliphatic heterocycles. The summed E-state index contributed by atoms with van der Waals surface area (Å²) < 4.78 is 4.72. The Morgan fingerprint density at radius 3 is 2.06 bits per heavy atom. The van der Waals surface area contributed by atoms with Gasteiger partial charge in [-0.3, -0.25) is 9.59 Å². The Kier molecular flexibility index (Phi) is 5.32. The first-order valence-electron chi connectivity index (χ1n) is 5.18. The molecule has 0 saturated carbocycles. The van der Waals surface area contributed by atoms with Crippen LogP contribution in [0.25, 0.3) is 0 Å². The number of hydrogen-bond donors (Lipinski definition) is 1. The molecule has 0 aromatic rings. The molecule has 1 unspecified atom stereocenters. The second kappa shape index (κ2) is 5.57. The second-order valence-electron chi connectivity index (χ2n) is 4.76. The van der Waals surface area contributed by atoms with Gasteiger partial charge in [0.2, 0.25) is 0 Å². The Labute approximate surface area is 101 Å². The molecule has 0 saturated heterocycles. The molecule has 0 amide bonds. The number of carbonyl (C=O) groups excluding carboxylic acids is 1. The molecule has 0 aromatic carbocycles. The number of carbonyl (C=O) groups is 2. The summed E-state index contributed by atoms with van der Waals surface area (Å²) in [6, 6.07) is 0. The lowest BCUT2D eigenvalue weighted by Crippen LogP contribution is -2.41. The Morgan fingerprint density at radius 1 is 1.25 bits per heavy atom. The Balaban J connectivity index is 4.71. The number of esters is 1. The van der Waals surface area contributed by atoms with Crippen molar-refractivity contribution >= 4 is 23.7 Å². The zero-order valence-electron chi connectivity index (χ0n) is 10.5. The quantitative estimate of drug-likeness (QED) is 0.596.